The molecule has 0 aromatic heterocycles. The van der Waals surface area contributed by atoms with Gasteiger partial charge in [-0.25, -0.2) is 9.59 Å². The van der Waals surface area contributed by atoms with E-state index in [9.17, 15) is 24.8 Å². The number of nitro benzene ring substituents is 1. The average molecular weight is 309 g/mol. The van der Waals surface area contributed by atoms with E-state index in [1.807, 2.05) is 0 Å². The molecule has 0 amide bonds. The van der Waals surface area contributed by atoms with Crippen LogP contribution in [-0.4, -0.2) is 38.0 Å². The molecule has 0 saturated carbocycles. The van der Waals surface area contributed by atoms with Crippen molar-refractivity contribution in [3.05, 3.63) is 51.8 Å². The first kappa shape index (κ1) is 15.4. The maximum absolute atomic E-state index is 11.1. The van der Waals surface area contributed by atoms with Crippen molar-refractivity contribution in [3.63, 3.8) is 0 Å². The van der Waals surface area contributed by atoms with Crippen molar-refractivity contribution >= 4 is 17.6 Å². The maximum atomic E-state index is 11.1. The predicted octanol–water partition coefficient (Wildman–Crippen LogP) is 0.840. The molecule has 2 atom stereocenters. The summed E-state index contributed by atoms with van der Waals surface area (Å²) in [6.07, 6.45) is 0.734. The second-order valence-electron chi connectivity index (χ2n) is 4.69. The van der Waals surface area contributed by atoms with Crippen LogP contribution in [0.4, 0.5) is 5.69 Å². The smallest absolute Gasteiger partial charge is 0.377 e. The van der Waals surface area contributed by atoms with Crippen LogP contribution in [0.25, 0.3) is 0 Å². The number of ether oxygens (including phenoxy) is 1. The molecular formula is C13H11NO8. The highest BCUT2D eigenvalue weighted by atomic mass is 16.7. The number of benzene rings is 1. The van der Waals surface area contributed by atoms with Crippen LogP contribution < -0.4 is 0 Å². The second kappa shape index (κ2) is 5.45. The van der Waals surface area contributed by atoms with E-state index in [1.165, 1.54) is 24.3 Å². The standard InChI is InChI=1S/C13H11NO8/c15-11(16)10-5-8(6-13(19,22-10)12(17)18)7-1-3-9(4-2-7)14(20)21/h1-5,8,19H,6H2,(H,15,16)(H,17,18). The van der Waals surface area contributed by atoms with Crippen LogP contribution in [0.15, 0.2) is 36.1 Å². The molecular weight excluding hydrogens is 298 g/mol. The van der Waals surface area contributed by atoms with Crippen LogP contribution in [0, 0.1) is 10.1 Å². The summed E-state index contributed by atoms with van der Waals surface area (Å²) in [5.41, 5.74) is 0.263. The molecule has 1 aromatic rings. The van der Waals surface area contributed by atoms with Crippen molar-refractivity contribution in [2.45, 2.75) is 18.1 Å². The molecule has 0 aliphatic carbocycles. The van der Waals surface area contributed by atoms with E-state index >= 15 is 0 Å². The minimum atomic E-state index is -2.67. The Labute approximate surface area is 123 Å². The van der Waals surface area contributed by atoms with Crippen molar-refractivity contribution in [2.24, 2.45) is 0 Å². The molecule has 1 aromatic carbocycles. The van der Waals surface area contributed by atoms with Crippen LogP contribution in [0.2, 0.25) is 0 Å². The third-order valence-electron chi connectivity index (χ3n) is 3.20. The molecule has 1 aliphatic heterocycles. The van der Waals surface area contributed by atoms with Crippen LogP contribution in [-0.2, 0) is 14.3 Å². The molecule has 0 bridgehead atoms. The van der Waals surface area contributed by atoms with Gasteiger partial charge in [0, 0.05) is 24.5 Å². The Kier molecular flexibility index (Phi) is 3.83. The summed E-state index contributed by atoms with van der Waals surface area (Å²) in [6, 6.07) is 5.15. The monoisotopic (exact) mass is 309 g/mol. The van der Waals surface area contributed by atoms with Gasteiger partial charge in [-0.1, -0.05) is 12.1 Å². The molecule has 0 spiro atoms. The molecule has 3 N–H and O–H groups in total. The van der Waals surface area contributed by atoms with E-state index in [1.54, 1.807) is 0 Å². The Balaban J connectivity index is 2.39. The molecule has 1 heterocycles. The van der Waals surface area contributed by atoms with Crippen LogP contribution in [0.1, 0.15) is 17.9 Å². The summed E-state index contributed by atoms with van der Waals surface area (Å²) >= 11 is 0. The summed E-state index contributed by atoms with van der Waals surface area (Å²) in [5.74, 6) is -7.38. The lowest BCUT2D eigenvalue weighted by Crippen LogP contribution is -2.45. The highest BCUT2D eigenvalue weighted by Gasteiger charge is 2.46. The van der Waals surface area contributed by atoms with Gasteiger partial charge in [-0.05, 0) is 11.6 Å². The molecule has 22 heavy (non-hydrogen) atoms. The Bertz CT molecular complexity index is 665. The lowest BCUT2D eigenvalue weighted by Gasteiger charge is -2.32. The number of nitro groups is 1. The topological polar surface area (TPSA) is 147 Å². The maximum Gasteiger partial charge on any atom is 0.377 e. The van der Waals surface area contributed by atoms with Crippen molar-refractivity contribution in [1.82, 2.24) is 0 Å². The minimum Gasteiger partial charge on any atom is -0.476 e. The number of carboxylic acid groups (broad SMARTS) is 2. The van der Waals surface area contributed by atoms with E-state index in [0.717, 1.165) is 6.08 Å². The number of carboxylic acids is 2. The molecule has 0 fully saturated rings. The number of nitrogens with zero attached hydrogens (tertiary/aromatic N) is 1. The van der Waals surface area contributed by atoms with Gasteiger partial charge in [0.05, 0.1) is 4.92 Å². The fourth-order valence-corrected chi connectivity index (χ4v) is 2.10. The normalized spacial score (nSPS) is 24.0. The lowest BCUT2D eigenvalue weighted by atomic mass is 9.88. The number of aliphatic carboxylic acids is 2. The number of allylic oxidation sites excluding steroid dienone is 1. The summed E-state index contributed by atoms with van der Waals surface area (Å²) in [4.78, 5) is 32.1. The van der Waals surface area contributed by atoms with Gasteiger partial charge in [-0.2, -0.15) is 0 Å². The van der Waals surface area contributed by atoms with E-state index in [4.69, 9.17) is 10.2 Å². The molecule has 9 nitrogen and oxygen atoms in total. The predicted molar refractivity (Wildman–Crippen MR) is 69.8 cm³/mol. The summed E-state index contributed by atoms with van der Waals surface area (Å²) in [6.45, 7) is 0. The molecule has 116 valence electrons. The van der Waals surface area contributed by atoms with Gasteiger partial charge >= 0.3 is 17.7 Å². The zero-order chi connectivity index (χ0) is 16.5. The van der Waals surface area contributed by atoms with Crippen molar-refractivity contribution < 1.29 is 34.6 Å². The van der Waals surface area contributed by atoms with E-state index in [0.29, 0.717) is 5.56 Å². The SMILES string of the molecule is O=C(O)C1=CC(c2ccc([N+](=O)[O-])cc2)CC(O)(C(=O)O)O1. The third kappa shape index (κ3) is 2.88. The van der Waals surface area contributed by atoms with Gasteiger partial charge in [-0.15, -0.1) is 0 Å². The Morgan fingerprint density at radius 2 is 1.86 bits per heavy atom. The Morgan fingerprint density at radius 1 is 1.27 bits per heavy atom. The van der Waals surface area contributed by atoms with Gasteiger partial charge in [0.25, 0.3) is 5.69 Å². The Morgan fingerprint density at radius 3 is 2.32 bits per heavy atom. The number of aliphatic hydroxyl groups is 1. The molecule has 0 radical (unpaired) electrons. The van der Waals surface area contributed by atoms with Crippen LogP contribution >= 0.6 is 0 Å². The molecule has 2 rings (SSSR count). The first-order valence-corrected chi connectivity index (χ1v) is 6.07. The molecule has 1 aliphatic rings. The number of rotatable bonds is 4. The van der Waals surface area contributed by atoms with Crippen molar-refractivity contribution in [1.29, 1.82) is 0 Å². The van der Waals surface area contributed by atoms with Crippen LogP contribution in [0.3, 0.4) is 0 Å². The fourth-order valence-electron chi connectivity index (χ4n) is 2.10. The van der Waals surface area contributed by atoms with Gasteiger partial charge < -0.3 is 20.1 Å². The van der Waals surface area contributed by atoms with Gasteiger partial charge in [0.2, 0.25) is 5.76 Å². The summed E-state index contributed by atoms with van der Waals surface area (Å²) < 4.78 is 4.62. The van der Waals surface area contributed by atoms with Gasteiger partial charge in [-0.3, -0.25) is 10.1 Å². The average Bonchev–Trinajstić information content (AvgIpc) is 2.46. The zero-order valence-electron chi connectivity index (χ0n) is 11.0. The first-order chi connectivity index (χ1) is 10.2. The summed E-state index contributed by atoms with van der Waals surface area (Å²) in [7, 11) is 0. The summed E-state index contributed by atoms with van der Waals surface area (Å²) in [5, 5.41) is 38.5. The van der Waals surface area contributed by atoms with Gasteiger partial charge in [0.15, 0.2) is 0 Å². The quantitative estimate of drug-likeness (QED) is 0.547. The second-order valence-corrected chi connectivity index (χ2v) is 4.69. The first-order valence-electron chi connectivity index (χ1n) is 6.07. The highest BCUT2D eigenvalue weighted by molar-refractivity contribution is 5.86. The van der Waals surface area contributed by atoms with Crippen LogP contribution in [0.5, 0.6) is 0 Å². The molecule has 0 saturated heterocycles. The minimum absolute atomic E-state index is 0.160. The third-order valence-corrected chi connectivity index (χ3v) is 3.20. The van der Waals surface area contributed by atoms with E-state index < -0.39 is 40.7 Å². The number of hydrogen-bond acceptors (Lipinski definition) is 6. The molecule has 9 heteroatoms. The van der Waals surface area contributed by atoms with E-state index in [2.05, 4.69) is 4.74 Å². The van der Waals surface area contributed by atoms with Crippen molar-refractivity contribution in [2.75, 3.05) is 0 Å². The van der Waals surface area contributed by atoms with Gasteiger partial charge in [0.1, 0.15) is 0 Å². The largest absolute Gasteiger partial charge is 0.476 e. The lowest BCUT2D eigenvalue weighted by molar-refractivity contribution is -0.384. The number of non-ortho nitro benzene ring substituents is 1. The van der Waals surface area contributed by atoms with E-state index in [-0.39, 0.29) is 5.69 Å². The zero-order valence-corrected chi connectivity index (χ0v) is 11.0. The highest BCUT2D eigenvalue weighted by Crippen LogP contribution is 2.36. The molecule has 2 unspecified atom stereocenters. The number of carbonyl (C=O) groups is 2. The number of hydrogen-bond donors (Lipinski definition) is 3. The Hall–Kier alpha value is -2.94. The van der Waals surface area contributed by atoms with Crippen molar-refractivity contribution in [3.8, 4) is 0 Å². The fraction of sp³-hybridized carbons (Fsp3) is 0.231.